The van der Waals surface area contributed by atoms with E-state index in [-0.39, 0.29) is 24.0 Å². The van der Waals surface area contributed by atoms with Crippen molar-refractivity contribution in [3.8, 4) is 22.8 Å². The highest BCUT2D eigenvalue weighted by molar-refractivity contribution is 6.41. The van der Waals surface area contributed by atoms with Crippen LogP contribution in [-0.4, -0.2) is 91.5 Å². The summed E-state index contributed by atoms with van der Waals surface area (Å²) in [7, 11) is 5.18. The predicted octanol–water partition coefficient (Wildman–Crippen LogP) is 4.00. The molecule has 2 aliphatic heterocycles. The third kappa shape index (κ3) is 6.28. The van der Waals surface area contributed by atoms with Gasteiger partial charge in [0, 0.05) is 29.3 Å². The first kappa shape index (κ1) is 29.1. The molecule has 41 heavy (non-hydrogen) atoms. The average Bonchev–Trinajstić information content (AvgIpc) is 3.40. The van der Waals surface area contributed by atoms with E-state index >= 15 is 0 Å². The fraction of sp³-hybridized carbons (Fsp3) is 0.429. The first-order valence-corrected chi connectivity index (χ1v) is 14.1. The molecule has 1 amide bonds. The number of rotatable bonds is 9. The molecule has 5 rings (SSSR count). The Bertz CT molecular complexity index is 1420. The number of anilines is 2. The number of fused-ring (bicyclic) bond motifs is 1. The van der Waals surface area contributed by atoms with Crippen molar-refractivity contribution < 1.29 is 19.0 Å². The highest BCUT2D eigenvalue weighted by Gasteiger charge is 2.30. The maximum atomic E-state index is 11.9. The van der Waals surface area contributed by atoms with Crippen LogP contribution in [0.3, 0.4) is 0 Å². The van der Waals surface area contributed by atoms with Crippen LogP contribution in [0.1, 0.15) is 12.8 Å². The Morgan fingerprint density at radius 1 is 1.07 bits per heavy atom. The summed E-state index contributed by atoms with van der Waals surface area (Å²) >= 11 is 13.5. The SMILES string of the molecule is C=CC(=O)N[C@H]1COC[C@H]1Nc1ncc2cc(-c3c(Cl)c(OC)cc(OC)c3Cl)nc(NC3CCN(C)CC3)c2n1. The molecule has 3 N–H and O–H groups in total. The van der Waals surface area contributed by atoms with Crippen molar-refractivity contribution in [2.75, 3.05) is 58.2 Å². The zero-order valence-corrected chi connectivity index (χ0v) is 24.7. The van der Waals surface area contributed by atoms with Crippen molar-refractivity contribution in [2.24, 2.45) is 0 Å². The van der Waals surface area contributed by atoms with Gasteiger partial charge in [0.1, 0.15) is 17.0 Å². The van der Waals surface area contributed by atoms with Crippen molar-refractivity contribution >= 4 is 51.8 Å². The molecule has 13 heteroatoms. The number of methoxy groups -OCH3 is 2. The molecule has 2 fully saturated rings. The molecule has 11 nitrogen and oxygen atoms in total. The minimum Gasteiger partial charge on any atom is -0.495 e. The third-order valence-corrected chi connectivity index (χ3v) is 8.11. The second-order valence-corrected chi connectivity index (χ2v) is 10.9. The minimum absolute atomic E-state index is 0.205. The lowest BCUT2D eigenvalue weighted by Gasteiger charge is -2.30. The van der Waals surface area contributed by atoms with Gasteiger partial charge in [0.05, 0.1) is 55.3 Å². The Balaban J connectivity index is 1.56. The average molecular weight is 603 g/mol. The molecule has 0 bridgehead atoms. The lowest BCUT2D eigenvalue weighted by atomic mass is 10.0. The highest BCUT2D eigenvalue weighted by atomic mass is 35.5. The number of piperidine rings is 1. The van der Waals surface area contributed by atoms with E-state index in [2.05, 4.69) is 39.5 Å². The van der Waals surface area contributed by atoms with Gasteiger partial charge >= 0.3 is 0 Å². The molecule has 3 aromatic rings. The predicted molar refractivity (Wildman–Crippen MR) is 160 cm³/mol. The molecule has 0 saturated carbocycles. The summed E-state index contributed by atoms with van der Waals surface area (Å²) in [6, 6.07) is 3.23. The van der Waals surface area contributed by atoms with Crippen LogP contribution in [0.2, 0.25) is 10.0 Å². The number of likely N-dealkylation sites (tertiary alicyclic amines) is 1. The number of nitrogens with zero attached hydrogens (tertiary/aromatic N) is 4. The van der Waals surface area contributed by atoms with E-state index in [0.29, 0.717) is 63.3 Å². The van der Waals surface area contributed by atoms with Crippen molar-refractivity contribution in [3.63, 3.8) is 0 Å². The highest BCUT2D eigenvalue weighted by Crippen LogP contribution is 2.46. The van der Waals surface area contributed by atoms with E-state index in [1.54, 1.807) is 12.3 Å². The van der Waals surface area contributed by atoms with Crippen LogP contribution in [-0.2, 0) is 9.53 Å². The van der Waals surface area contributed by atoms with Crippen molar-refractivity contribution in [1.29, 1.82) is 0 Å². The smallest absolute Gasteiger partial charge is 0.243 e. The molecule has 2 atom stereocenters. The number of nitrogens with one attached hydrogen (secondary N) is 3. The first-order chi connectivity index (χ1) is 19.8. The zero-order valence-electron chi connectivity index (χ0n) is 23.2. The number of hydrogen-bond donors (Lipinski definition) is 3. The number of carbonyl (C=O) groups is 1. The number of carbonyl (C=O) groups excluding carboxylic acids is 1. The fourth-order valence-electron chi connectivity index (χ4n) is 5.04. The summed E-state index contributed by atoms with van der Waals surface area (Å²) in [4.78, 5) is 28.6. The van der Waals surface area contributed by atoms with E-state index in [0.717, 1.165) is 31.3 Å². The number of hydrogen-bond acceptors (Lipinski definition) is 10. The summed E-state index contributed by atoms with van der Waals surface area (Å²) in [5.74, 6) is 1.56. The minimum atomic E-state index is -0.264. The molecular formula is C28H33Cl2N7O4. The number of benzene rings is 1. The molecule has 218 valence electrons. The van der Waals surface area contributed by atoms with Crippen LogP contribution < -0.4 is 25.4 Å². The number of halogens is 2. The number of ether oxygens (including phenoxy) is 3. The third-order valence-electron chi connectivity index (χ3n) is 7.36. The molecule has 0 radical (unpaired) electrons. The Hall–Kier alpha value is -3.38. The molecule has 2 aliphatic rings. The van der Waals surface area contributed by atoms with Gasteiger partial charge in [-0.05, 0) is 45.1 Å². The zero-order chi connectivity index (χ0) is 29.1. The quantitative estimate of drug-likeness (QED) is 0.310. The van der Waals surface area contributed by atoms with Gasteiger partial charge in [0.2, 0.25) is 11.9 Å². The molecule has 0 aliphatic carbocycles. The lowest BCUT2D eigenvalue weighted by Crippen LogP contribution is -2.45. The summed E-state index contributed by atoms with van der Waals surface area (Å²) in [5.41, 5.74) is 1.66. The van der Waals surface area contributed by atoms with Crippen LogP contribution in [0.25, 0.3) is 22.2 Å². The fourth-order valence-corrected chi connectivity index (χ4v) is 5.74. The standard InChI is InChI=1S/C28H33Cl2N7O4/c1-5-22(38)33-18-13-41-14-19(18)35-28-31-12-15-10-17(23-24(29)20(39-3)11-21(40-4)25(23)30)34-27(26(15)36-28)32-16-6-8-37(2)9-7-16/h5,10-12,16,18-19H,1,6-9,13-14H2,2-4H3,(H,32,34)(H,33,38)(H,31,35,36)/t18-,19+/m0/s1. The van der Waals surface area contributed by atoms with E-state index < -0.39 is 0 Å². The molecule has 2 saturated heterocycles. The van der Waals surface area contributed by atoms with Crippen LogP contribution in [0, 0.1) is 0 Å². The second-order valence-electron chi connectivity index (χ2n) is 10.1. The van der Waals surface area contributed by atoms with Crippen molar-refractivity contribution in [3.05, 3.63) is 41.0 Å². The Labute approximate surface area is 248 Å². The number of amides is 1. The van der Waals surface area contributed by atoms with Gasteiger partial charge in [-0.3, -0.25) is 4.79 Å². The van der Waals surface area contributed by atoms with Gasteiger partial charge in [0.25, 0.3) is 0 Å². The molecule has 2 aromatic heterocycles. The second kappa shape index (κ2) is 12.6. The Morgan fingerprint density at radius 2 is 1.76 bits per heavy atom. The van der Waals surface area contributed by atoms with Crippen molar-refractivity contribution in [1.82, 2.24) is 25.2 Å². The molecule has 0 unspecified atom stereocenters. The largest absolute Gasteiger partial charge is 0.495 e. The van der Waals surface area contributed by atoms with E-state index in [9.17, 15) is 4.79 Å². The first-order valence-electron chi connectivity index (χ1n) is 13.3. The van der Waals surface area contributed by atoms with Crippen LogP contribution in [0.5, 0.6) is 11.5 Å². The summed E-state index contributed by atoms with van der Waals surface area (Å²) in [5, 5.41) is 11.2. The van der Waals surface area contributed by atoms with Crippen LogP contribution >= 0.6 is 23.2 Å². The van der Waals surface area contributed by atoms with Gasteiger partial charge in [0.15, 0.2) is 5.82 Å². The van der Waals surface area contributed by atoms with Crippen LogP contribution in [0.15, 0.2) is 31.0 Å². The van der Waals surface area contributed by atoms with Gasteiger partial charge in [-0.25, -0.2) is 15.0 Å². The lowest BCUT2D eigenvalue weighted by molar-refractivity contribution is -0.117. The molecule has 4 heterocycles. The van der Waals surface area contributed by atoms with Gasteiger partial charge < -0.3 is 35.1 Å². The number of pyridine rings is 1. The summed E-state index contributed by atoms with van der Waals surface area (Å²) < 4.78 is 16.5. The van der Waals surface area contributed by atoms with Gasteiger partial charge in [-0.2, -0.15) is 0 Å². The molecule has 1 aromatic carbocycles. The maximum Gasteiger partial charge on any atom is 0.243 e. The van der Waals surface area contributed by atoms with Crippen molar-refractivity contribution in [2.45, 2.75) is 31.0 Å². The van der Waals surface area contributed by atoms with Gasteiger partial charge in [-0.1, -0.05) is 29.8 Å². The molecule has 0 spiro atoms. The summed E-state index contributed by atoms with van der Waals surface area (Å²) in [6.07, 6.45) is 4.88. The monoisotopic (exact) mass is 601 g/mol. The van der Waals surface area contributed by atoms with Gasteiger partial charge in [-0.15, -0.1) is 0 Å². The van der Waals surface area contributed by atoms with E-state index in [4.69, 9.17) is 47.4 Å². The normalized spacial score (nSPS) is 19.6. The Morgan fingerprint density at radius 3 is 2.41 bits per heavy atom. The Kier molecular flexibility index (Phi) is 8.98. The van der Waals surface area contributed by atoms with Crippen LogP contribution in [0.4, 0.5) is 11.8 Å². The van der Waals surface area contributed by atoms with E-state index in [1.807, 2.05) is 6.07 Å². The molecular weight excluding hydrogens is 569 g/mol. The number of aromatic nitrogens is 3. The topological polar surface area (TPSA) is 123 Å². The maximum absolute atomic E-state index is 11.9. The van der Waals surface area contributed by atoms with E-state index in [1.165, 1.54) is 20.3 Å². The summed E-state index contributed by atoms with van der Waals surface area (Å²) in [6.45, 7) is 6.25.